The fourth-order valence-corrected chi connectivity index (χ4v) is 2.46. The second-order valence-corrected chi connectivity index (χ2v) is 5.37. The third-order valence-corrected chi connectivity index (χ3v) is 3.71. The van der Waals surface area contributed by atoms with Gasteiger partial charge in [0.1, 0.15) is 10.8 Å². The van der Waals surface area contributed by atoms with Gasteiger partial charge in [0, 0.05) is 19.1 Å². The number of nitrogens with zero attached hydrogens (tertiary/aromatic N) is 3. The van der Waals surface area contributed by atoms with E-state index in [0.29, 0.717) is 16.7 Å². The highest BCUT2D eigenvalue weighted by atomic mass is 32.1. The number of nitrogens with two attached hydrogens (primary N) is 1. The molecule has 0 amide bonds. The molecule has 1 aliphatic heterocycles. The molecule has 0 bridgehead atoms. The smallest absolute Gasteiger partial charge is 0.129 e. The zero-order valence-electron chi connectivity index (χ0n) is 11.0. The summed E-state index contributed by atoms with van der Waals surface area (Å²) in [7, 11) is 4.29. The molecule has 0 aliphatic carbocycles. The second-order valence-electron chi connectivity index (χ2n) is 4.93. The van der Waals surface area contributed by atoms with Crippen molar-refractivity contribution in [3.63, 3.8) is 0 Å². The number of hydrogen-bond acceptors (Lipinski definition) is 4. The van der Waals surface area contributed by atoms with E-state index in [2.05, 4.69) is 28.9 Å². The number of pyridine rings is 1. The highest BCUT2D eigenvalue weighted by Gasteiger charge is 2.21. The molecule has 98 valence electrons. The molecule has 1 saturated heterocycles. The van der Waals surface area contributed by atoms with E-state index in [9.17, 15) is 0 Å². The number of anilines is 1. The van der Waals surface area contributed by atoms with Crippen LogP contribution in [-0.2, 0) is 0 Å². The average Bonchev–Trinajstić information content (AvgIpc) is 2.39. The summed E-state index contributed by atoms with van der Waals surface area (Å²) in [5, 5.41) is 0. The Kier molecular flexibility index (Phi) is 4.14. The summed E-state index contributed by atoms with van der Waals surface area (Å²) in [5.74, 6) is 0.984. The lowest BCUT2D eigenvalue weighted by atomic mass is 10.0. The molecule has 2 N–H and O–H groups in total. The summed E-state index contributed by atoms with van der Waals surface area (Å²) < 4.78 is 0. The Morgan fingerprint density at radius 3 is 2.61 bits per heavy atom. The lowest BCUT2D eigenvalue weighted by molar-refractivity contribution is 0.249. The third-order valence-electron chi connectivity index (χ3n) is 3.51. The molecule has 18 heavy (non-hydrogen) atoms. The highest BCUT2D eigenvalue weighted by Crippen LogP contribution is 2.20. The lowest BCUT2D eigenvalue weighted by Gasteiger charge is -2.35. The van der Waals surface area contributed by atoms with Crippen molar-refractivity contribution in [2.24, 2.45) is 5.73 Å². The average molecular weight is 264 g/mol. The maximum Gasteiger partial charge on any atom is 0.129 e. The predicted molar refractivity (Wildman–Crippen MR) is 79.0 cm³/mol. The minimum absolute atomic E-state index is 0.361. The molecule has 1 aliphatic rings. The first-order chi connectivity index (χ1) is 8.58. The summed E-state index contributed by atoms with van der Waals surface area (Å²) >= 11 is 4.97. The number of thiocarbonyl (C=S) groups is 1. The van der Waals surface area contributed by atoms with Crippen molar-refractivity contribution in [2.75, 3.05) is 32.1 Å². The van der Waals surface area contributed by atoms with Crippen LogP contribution in [0.4, 0.5) is 5.82 Å². The number of piperidine rings is 1. The third kappa shape index (κ3) is 2.97. The van der Waals surface area contributed by atoms with E-state index in [1.54, 1.807) is 0 Å². The van der Waals surface area contributed by atoms with E-state index in [1.807, 2.05) is 18.2 Å². The van der Waals surface area contributed by atoms with Crippen LogP contribution in [0.15, 0.2) is 18.2 Å². The van der Waals surface area contributed by atoms with E-state index in [1.165, 1.54) is 12.8 Å². The first kappa shape index (κ1) is 13.2. The topological polar surface area (TPSA) is 45.4 Å². The summed E-state index contributed by atoms with van der Waals surface area (Å²) in [6.45, 7) is 2.08. The van der Waals surface area contributed by atoms with Gasteiger partial charge in [-0.3, -0.25) is 0 Å². The van der Waals surface area contributed by atoms with Crippen LogP contribution in [0.2, 0.25) is 0 Å². The van der Waals surface area contributed by atoms with Crippen LogP contribution in [-0.4, -0.2) is 48.1 Å². The Hall–Kier alpha value is -1.20. The highest BCUT2D eigenvalue weighted by molar-refractivity contribution is 7.80. The van der Waals surface area contributed by atoms with E-state index in [-0.39, 0.29) is 0 Å². The van der Waals surface area contributed by atoms with E-state index in [0.717, 1.165) is 18.9 Å². The van der Waals surface area contributed by atoms with E-state index in [4.69, 9.17) is 18.0 Å². The van der Waals surface area contributed by atoms with Crippen LogP contribution >= 0.6 is 12.2 Å². The fourth-order valence-electron chi connectivity index (χ4n) is 2.35. The van der Waals surface area contributed by atoms with Crippen LogP contribution in [0.1, 0.15) is 18.5 Å². The summed E-state index contributed by atoms with van der Waals surface area (Å²) in [6.07, 6.45) is 2.35. The number of hydrogen-bond donors (Lipinski definition) is 1. The molecule has 5 heteroatoms. The fraction of sp³-hybridized carbons (Fsp3) is 0.538. The Labute approximate surface area is 114 Å². The van der Waals surface area contributed by atoms with Gasteiger partial charge in [0.15, 0.2) is 0 Å². The SMILES string of the molecule is CN(C)C1CCN(c2cccc(C(N)=S)n2)CC1. The second kappa shape index (κ2) is 5.63. The van der Waals surface area contributed by atoms with Gasteiger partial charge >= 0.3 is 0 Å². The molecule has 0 spiro atoms. The summed E-state index contributed by atoms with van der Waals surface area (Å²) in [5.41, 5.74) is 6.32. The van der Waals surface area contributed by atoms with Crippen molar-refractivity contribution in [3.8, 4) is 0 Å². The molecule has 0 saturated carbocycles. The minimum atomic E-state index is 0.361. The normalized spacial score (nSPS) is 17.2. The van der Waals surface area contributed by atoms with E-state index < -0.39 is 0 Å². The Balaban J connectivity index is 2.05. The van der Waals surface area contributed by atoms with E-state index >= 15 is 0 Å². The van der Waals surface area contributed by atoms with Crippen LogP contribution in [0, 0.1) is 0 Å². The molecule has 4 nitrogen and oxygen atoms in total. The van der Waals surface area contributed by atoms with Gasteiger partial charge < -0.3 is 15.5 Å². The quantitative estimate of drug-likeness (QED) is 0.832. The molecular weight excluding hydrogens is 244 g/mol. The zero-order chi connectivity index (χ0) is 13.1. The maximum absolute atomic E-state index is 5.62. The molecule has 0 radical (unpaired) electrons. The van der Waals surface area contributed by atoms with Gasteiger partial charge in [-0.1, -0.05) is 18.3 Å². The standard InChI is InChI=1S/C13H20N4S/c1-16(2)10-6-8-17(9-7-10)12-5-3-4-11(15-12)13(14)18/h3-5,10H,6-9H2,1-2H3,(H2,14,18). The summed E-state index contributed by atoms with van der Waals surface area (Å²) in [6, 6.07) is 6.53. The number of aromatic nitrogens is 1. The molecular formula is C13H20N4S. The first-order valence-electron chi connectivity index (χ1n) is 6.26. The minimum Gasteiger partial charge on any atom is -0.388 e. The molecule has 1 aromatic heterocycles. The van der Waals surface area contributed by atoms with Crippen LogP contribution in [0.25, 0.3) is 0 Å². The number of rotatable bonds is 3. The van der Waals surface area contributed by atoms with Gasteiger partial charge in [-0.2, -0.15) is 0 Å². The lowest BCUT2D eigenvalue weighted by Crippen LogP contribution is -2.42. The molecule has 1 aromatic rings. The van der Waals surface area contributed by atoms with Crippen LogP contribution < -0.4 is 10.6 Å². The molecule has 0 atom stereocenters. The predicted octanol–water partition coefficient (Wildman–Crippen LogP) is 1.25. The molecule has 2 rings (SSSR count). The van der Waals surface area contributed by atoms with Crippen LogP contribution in [0.3, 0.4) is 0 Å². The molecule has 1 fully saturated rings. The summed E-state index contributed by atoms with van der Waals surface area (Å²) in [4.78, 5) is 9.48. The maximum atomic E-state index is 5.62. The monoisotopic (exact) mass is 264 g/mol. The molecule has 0 unspecified atom stereocenters. The van der Waals surface area contributed by atoms with Gasteiger partial charge in [-0.05, 0) is 39.1 Å². The Morgan fingerprint density at radius 1 is 1.39 bits per heavy atom. The van der Waals surface area contributed by atoms with Crippen molar-refractivity contribution < 1.29 is 0 Å². The van der Waals surface area contributed by atoms with Gasteiger partial charge in [0.2, 0.25) is 0 Å². The first-order valence-corrected chi connectivity index (χ1v) is 6.67. The van der Waals surface area contributed by atoms with Crippen LogP contribution in [0.5, 0.6) is 0 Å². The molecule has 2 heterocycles. The van der Waals surface area contributed by atoms with Crippen molar-refractivity contribution in [1.82, 2.24) is 9.88 Å². The van der Waals surface area contributed by atoms with Gasteiger partial charge in [-0.15, -0.1) is 0 Å². The van der Waals surface area contributed by atoms with Crippen molar-refractivity contribution in [3.05, 3.63) is 23.9 Å². The Morgan fingerprint density at radius 2 is 2.06 bits per heavy atom. The van der Waals surface area contributed by atoms with Crippen molar-refractivity contribution in [2.45, 2.75) is 18.9 Å². The van der Waals surface area contributed by atoms with Gasteiger partial charge in [-0.25, -0.2) is 4.98 Å². The largest absolute Gasteiger partial charge is 0.388 e. The Bertz CT molecular complexity index is 425. The molecule has 0 aromatic carbocycles. The zero-order valence-corrected chi connectivity index (χ0v) is 11.8. The van der Waals surface area contributed by atoms with Crippen molar-refractivity contribution in [1.29, 1.82) is 0 Å². The van der Waals surface area contributed by atoms with Gasteiger partial charge in [0.05, 0.1) is 5.69 Å². The van der Waals surface area contributed by atoms with Crippen molar-refractivity contribution >= 4 is 23.0 Å². The van der Waals surface area contributed by atoms with Gasteiger partial charge in [0.25, 0.3) is 0 Å².